The topological polar surface area (TPSA) is 87.6 Å². The fraction of sp³-hybridized carbons (Fsp3) is 0.467. The highest BCUT2D eigenvalue weighted by molar-refractivity contribution is 6.20. The molecule has 0 bridgehead atoms. The van der Waals surface area contributed by atoms with Crippen molar-refractivity contribution in [3.63, 3.8) is 0 Å². The molecule has 1 unspecified atom stereocenters. The number of pyridine rings is 1. The lowest BCUT2D eigenvalue weighted by atomic mass is 9.93. The normalized spacial score (nSPS) is 15.5. The summed E-state index contributed by atoms with van der Waals surface area (Å²) in [5, 5.41) is 8.98. The van der Waals surface area contributed by atoms with Gasteiger partial charge in [0.05, 0.1) is 5.56 Å². The van der Waals surface area contributed by atoms with Gasteiger partial charge in [0.2, 0.25) is 0 Å². The Kier molecular flexibility index (Phi) is 4.35. The highest BCUT2D eigenvalue weighted by Gasteiger charge is 2.38. The second-order valence-electron chi connectivity index (χ2n) is 5.71. The molecule has 2 heterocycles. The van der Waals surface area contributed by atoms with E-state index >= 15 is 0 Å². The van der Waals surface area contributed by atoms with Gasteiger partial charge in [0.15, 0.2) is 0 Å². The minimum Gasteiger partial charge on any atom is -0.481 e. The van der Waals surface area contributed by atoms with Crippen LogP contribution in [-0.4, -0.2) is 39.3 Å². The van der Waals surface area contributed by atoms with Gasteiger partial charge >= 0.3 is 5.97 Å². The van der Waals surface area contributed by atoms with Crippen LogP contribution in [0.2, 0.25) is 0 Å². The number of aromatic nitrogens is 1. The Balaban J connectivity index is 2.17. The van der Waals surface area contributed by atoms with Gasteiger partial charge in [-0.15, -0.1) is 0 Å². The van der Waals surface area contributed by atoms with Crippen molar-refractivity contribution >= 4 is 17.8 Å². The minimum absolute atomic E-state index is 0.0565. The van der Waals surface area contributed by atoms with Crippen molar-refractivity contribution in [2.75, 3.05) is 6.54 Å². The number of fused-ring (bicyclic) bond motifs is 1. The van der Waals surface area contributed by atoms with E-state index < -0.39 is 11.9 Å². The van der Waals surface area contributed by atoms with Crippen LogP contribution in [0.25, 0.3) is 0 Å². The highest BCUT2D eigenvalue weighted by Crippen LogP contribution is 2.24. The number of nitrogens with zero attached hydrogens (tertiary/aromatic N) is 2. The van der Waals surface area contributed by atoms with Crippen LogP contribution in [-0.2, 0) is 4.79 Å². The first-order valence-electron chi connectivity index (χ1n) is 6.93. The lowest BCUT2D eigenvalue weighted by Gasteiger charge is -2.22. The highest BCUT2D eigenvalue weighted by atomic mass is 16.4. The number of hydrogen-bond donors (Lipinski definition) is 1. The predicted octanol–water partition coefficient (Wildman–Crippen LogP) is 1.81. The zero-order chi connectivity index (χ0) is 15.6. The third kappa shape index (κ3) is 3.26. The maximum Gasteiger partial charge on any atom is 0.303 e. The molecule has 6 nitrogen and oxygen atoms in total. The predicted molar refractivity (Wildman–Crippen MR) is 74.8 cm³/mol. The van der Waals surface area contributed by atoms with Crippen LogP contribution in [0.15, 0.2) is 18.3 Å². The minimum atomic E-state index is -0.921. The van der Waals surface area contributed by atoms with Crippen LogP contribution in [0.3, 0.4) is 0 Å². The molecule has 1 aromatic rings. The zero-order valence-corrected chi connectivity index (χ0v) is 12.1. The Bertz CT molecular complexity index is 548. The number of carboxylic acid groups (broad SMARTS) is 1. The van der Waals surface area contributed by atoms with E-state index in [1.165, 1.54) is 6.20 Å². The van der Waals surface area contributed by atoms with Crippen molar-refractivity contribution in [3.8, 4) is 0 Å². The molecule has 2 rings (SSSR count). The first kappa shape index (κ1) is 15.2. The molecule has 112 valence electrons. The van der Waals surface area contributed by atoms with Gasteiger partial charge in [-0.1, -0.05) is 13.8 Å². The molecule has 1 atom stereocenters. The number of amides is 2. The summed E-state index contributed by atoms with van der Waals surface area (Å²) in [5.41, 5.74) is 0.447. The fourth-order valence-corrected chi connectivity index (χ4v) is 2.67. The molecule has 0 aliphatic carbocycles. The van der Waals surface area contributed by atoms with Gasteiger partial charge < -0.3 is 5.11 Å². The Morgan fingerprint density at radius 2 is 2.05 bits per heavy atom. The van der Waals surface area contributed by atoms with Crippen LogP contribution >= 0.6 is 0 Å². The molecule has 0 fully saturated rings. The van der Waals surface area contributed by atoms with Gasteiger partial charge in [0.1, 0.15) is 5.69 Å². The number of rotatable bonds is 6. The summed E-state index contributed by atoms with van der Waals surface area (Å²) < 4.78 is 0. The van der Waals surface area contributed by atoms with Crippen molar-refractivity contribution in [3.05, 3.63) is 29.6 Å². The van der Waals surface area contributed by atoms with Crippen molar-refractivity contribution in [2.24, 2.45) is 11.8 Å². The summed E-state index contributed by atoms with van der Waals surface area (Å²) in [5.74, 6) is -1.69. The first-order chi connectivity index (χ1) is 9.90. The summed E-state index contributed by atoms with van der Waals surface area (Å²) in [6, 6.07) is 3.17. The maximum atomic E-state index is 12.2. The fourth-order valence-electron chi connectivity index (χ4n) is 2.67. The van der Waals surface area contributed by atoms with E-state index in [4.69, 9.17) is 5.11 Å². The molecule has 1 aliphatic heterocycles. The maximum absolute atomic E-state index is 12.2. The van der Waals surface area contributed by atoms with E-state index in [1.807, 2.05) is 13.8 Å². The Hall–Kier alpha value is -2.24. The van der Waals surface area contributed by atoms with Gasteiger partial charge in [-0.2, -0.15) is 0 Å². The first-order valence-corrected chi connectivity index (χ1v) is 6.93. The second kappa shape index (κ2) is 6.03. The average molecular weight is 290 g/mol. The molecule has 0 aromatic carbocycles. The smallest absolute Gasteiger partial charge is 0.303 e. The van der Waals surface area contributed by atoms with E-state index in [0.29, 0.717) is 17.9 Å². The number of carbonyl (C=O) groups is 3. The van der Waals surface area contributed by atoms with E-state index in [9.17, 15) is 14.4 Å². The Morgan fingerprint density at radius 3 is 2.62 bits per heavy atom. The standard InChI is InChI=1S/C15H18N2O4/c1-9(2)6-10(7-12(18)19)8-17-14(20)11-4-3-5-16-13(11)15(17)21/h3-5,9-10H,6-8H2,1-2H3,(H,18,19). The lowest BCUT2D eigenvalue weighted by molar-refractivity contribution is -0.138. The SMILES string of the molecule is CC(C)CC(CC(=O)O)CN1C(=O)c2cccnc2C1=O. The van der Waals surface area contributed by atoms with Crippen LogP contribution in [0.1, 0.15) is 47.5 Å². The van der Waals surface area contributed by atoms with Gasteiger partial charge in [-0.3, -0.25) is 24.3 Å². The number of aliphatic carboxylic acids is 1. The molecule has 0 saturated heterocycles. The van der Waals surface area contributed by atoms with Gasteiger partial charge in [0.25, 0.3) is 11.8 Å². The third-order valence-corrected chi connectivity index (χ3v) is 3.44. The summed E-state index contributed by atoms with van der Waals surface area (Å²) >= 11 is 0. The lowest BCUT2D eigenvalue weighted by Crippen LogP contribution is -2.35. The quantitative estimate of drug-likeness (QED) is 0.807. The third-order valence-electron chi connectivity index (χ3n) is 3.44. The zero-order valence-electron chi connectivity index (χ0n) is 12.1. The average Bonchev–Trinajstić information content (AvgIpc) is 2.63. The van der Waals surface area contributed by atoms with Crippen molar-refractivity contribution in [1.82, 2.24) is 9.88 Å². The molecular weight excluding hydrogens is 272 g/mol. The van der Waals surface area contributed by atoms with E-state index in [-0.39, 0.29) is 30.5 Å². The van der Waals surface area contributed by atoms with E-state index in [2.05, 4.69) is 4.98 Å². The molecule has 1 aromatic heterocycles. The van der Waals surface area contributed by atoms with Crippen molar-refractivity contribution in [1.29, 1.82) is 0 Å². The summed E-state index contributed by atoms with van der Waals surface area (Å²) in [4.78, 5) is 40.4. The van der Waals surface area contributed by atoms with Crippen LogP contribution < -0.4 is 0 Å². The van der Waals surface area contributed by atoms with Crippen molar-refractivity contribution < 1.29 is 19.5 Å². The van der Waals surface area contributed by atoms with Crippen molar-refractivity contribution in [2.45, 2.75) is 26.7 Å². The molecule has 0 saturated carbocycles. The number of imide groups is 1. The monoisotopic (exact) mass is 290 g/mol. The molecule has 6 heteroatoms. The molecule has 1 N–H and O–H groups in total. The largest absolute Gasteiger partial charge is 0.481 e. The Morgan fingerprint density at radius 1 is 1.33 bits per heavy atom. The number of hydrogen-bond acceptors (Lipinski definition) is 4. The summed E-state index contributed by atoms with van der Waals surface area (Å²) in [6.45, 7) is 4.09. The van der Waals surface area contributed by atoms with Crippen LogP contribution in [0, 0.1) is 11.8 Å². The van der Waals surface area contributed by atoms with Crippen LogP contribution in [0.5, 0.6) is 0 Å². The number of carboxylic acids is 1. The van der Waals surface area contributed by atoms with Gasteiger partial charge in [0, 0.05) is 19.2 Å². The van der Waals surface area contributed by atoms with E-state index in [1.54, 1.807) is 12.1 Å². The second-order valence-corrected chi connectivity index (χ2v) is 5.71. The molecule has 1 aliphatic rings. The molecule has 2 amide bonds. The molecule has 0 radical (unpaired) electrons. The number of carbonyl (C=O) groups excluding carboxylic acids is 2. The van der Waals surface area contributed by atoms with Gasteiger partial charge in [-0.05, 0) is 30.4 Å². The van der Waals surface area contributed by atoms with Gasteiger partial charge in [-0.25, -0.2) is 0 Å². The summed E-state index contributed by atoms with van der Waals surface area (Å²) in [6.07, 6.45) is 2.06. The van der Waals surface area contributed by atoms with E-state index in [0.717, 1.165) is 4.90 Å². The molecular formula is C15H18N2O4. The Labute approximate surface area is 122 Å². The molecule has 21 heavy (non-hydrogen) atoms. The molecule has 0 spiro atoms. The summed E-state index contributed by atoms with van der Waals surface area (Å²) in [7, 11) is 0. The van der Waals surface area contributed by atoms with Crippen LogP contribution in [0.4, 0.5) is 0 Å².